The van der Waals surface area contributed by atoms with Crippen molar-refractivity contribution in [2.75, 3.05) is 56.2 Å². The number of likely N-dealkylation sites (tertiary alicyclic amines) is 1. The molecule has 1 aromatic heterocycles. The largest absolute Gasteiger partial charge is 0.462 e. The normalized spacial score (nSPS) is 22.5. The molecule has 0 amide bonds. The van der Waals surface area contributed by atoms with Crippen LogP contribution in [0.1, 0.15) is 36.1 Å². The lowest BCUT2D eigenvalue weighted by atomic mass is 10.0. The zero-order valence-electron chi connectivity index (χ0n) is 23.9. The molecule has 226 valence electrons. The number of ether oxygens (including phenoxy) is 1. The van der Waals surface area contributed by atoms with Crippen LogP contribution in [0, 0.1) is 11.3 Å². The number of halogens is 3. The summed E-state index contributed by atoms with van der Waals surface area (Å²) >= 11 is 0. The third kappa shape index (κ3) is 6.80. The smallest absolute Gasteiger partial charge is 0.393 e. The lowest BCUT2D eigenvalue weighted by Crippen LogP contribution is -2.56. The van der Waals surface area contributed by atoms with Gasteiger partial charge in [0.05, 0.1) is 31.1 Å². The van der Waals surface area contributed by atoms with Crippen LogP contribution in [0.15, 0.2) is 36.9 Å². The van der Waals surface area contributed by atoms with Gasteiger partial charge in [0.1, 0.15) is 18.7 Å². The molecule has 1 aromatic carbocycles. The van der Waals surface area contributed by atoms with Gasteiger partial charge in [0.2, 0.25) is 0 Å². The molecule has 2 fully saturated rings. The zero-order valence-corrected chi connectivity index (χ0v) is 23.9. The van der Waals surface area contributed by atoms with Crippen LogP contribution in [0.25, 0.3) is 0 Å². The fraction of sp³-hybridized carbons (Fsp3) is 0.567. The fourth-order valence-corrected chi connectivity index (χ4v) is 6.30. The molecule has 0 radical (unpaired) electrons. The summed E-state index contributed by atoms with van der Waals surface area (Å²) in [5.41, 5.74) is 2.46. The van der Waals surface area contributed by atoms with E-state index in [1.165, 1.54) is 12.1 Å². The number of para-hydroxylation sites is 1. The number of nitrogens with zero attached hydrogens (tertiary/aromatic N) is 7. The summed E-state index contributed by atoms with van der Waals surface area (Å²) in [6.07, 6.45) is -1.78. The van der Waals surface area contributed by atoms with E-state index in [2.05, 4.69) is 29.5 Å². The Morgan fingerprint density at radius 1 is 1.17 bits per heavy atom. The van der Waals surface area contributed by atoms with E-state index in [-0.39, 0.29) is 30.1 Å². The first-order valence-electron chi connectivity index (χ1n) is 14.5. The maximum Gasteiger partial charge on any atom is 0.393 e. The number of hydrogen-bond donors (Lipinski definition) is 1. The number of alkyl halides is 3. The van der Waals surface area contributed by atoms with E-state index >= 15 is 0 Å². The first-order chi connectivity index (χ1) is 20.2. The summed E-state index contributed by atoms with van der Waals surface area (Å²) in [6.45, 7) is 7.56. The van der Waals surface area contributed by atoms with Crippen LogP contribution in [0.4, 0.5) is 24.7 Å². The molecule has 0 bridgehead atoms. The van der Waals surface area contributed by atoms with Crippen molar-refractivity contribution in [3.8, 4) is 12.1 Å². The van der Waals surface area contributed by atoms with Crippen molar-refractivity contribution < 1.29 is 23.0 Å². The lowest BCUT2D eigenvalue weighted by molar-refractivity contribution is -0.127. The predicted molar refractivity (Wildman–Crippen MR) is 153 cm³/mol. The van der Waals surface area contributed by atoms with Crippen molar-refractivity contribution >= 4 is 11.5 Å². The van der Waals surface area contributed by atoms with Gasteiger partial charge in [-0.05, 0) is 50.6 Å². The number of aromatic nitrogens is 2. The monoisotopic (exact) mass is 585 g/mol. The summed E-state index contributed by atoms with van der Waals surface area (Å²) in [7, 11) is 2.07. The van der Waals surface area contributed by atoms with E-state index in [0.717, 1.165) is 36.5 Å². The van der Waals surface area contributed by atoms with Crippen LogP contribution in [0.2, 0.25) is 0 Å². The maximum absolute atomic E-state index is 13.4. The maximum atomic E-state index is 13.4. The van der Waals surface area contributed by atoms with E-state index in [4.69, 9.17) is 14.7 Å². The number of aliphatic hydroxyl groups is 1. The van der Waals surface area contributed by atoms with Gasteiger partial charge < -0.3 is 24.5 Å². The number of fused-ring (bicyclic) bond motifs is 1. The molecular formula is C30H38F3N7O2. The molecule has 42 heavy (non-hydrogen) atoms. The highest BCUT2D eigenvalue weighted by molar-refractivity contribution is 5.59. The summed E-state index contributed by atoms with van der Waals surface area (Å²) in [6, 6.07) is 9.18. The van der Waals surface area contributed by atoms with Crippen LogP contribution in [0.3, 0.4) is 0 Å². The van der Waals surface area contributed by atoms with E-state index in [0.29, 0.717) is 51.4 Å². The Morgan fingerprint density at radius 3 is 2.69 bits per heavy atom. The lowest BCUT2D eigenvalue weighted by Gasteiger charge is -2.43. The van der Waals surface area contributed by atoms with Crippen LogP contribution in [0.5, 0.6) is 6.01 Å². The Kier molecular flexibility index (Phi) is 9.20. The molecular weight excluding hydrogens is 547 g/mol. The second-order valence-corrected chi connectivity index (χ2v) is 11.3. The van der Waals surface area contributed by atoms with Gasteiger partial charge in [-0.15, -0.1) is 0 Å². The van der Waals surface area contributed by atoms with Crippen molar-refractivity contribution in [2.45, 2.75) is 63.1 Å². The Bertz CT molecular complexity index is 1300. The van der Waals surface area contributed by atoms with E-state index in [1.54, 1.807) is 18.2 Å². The molecule has 12 heteroatoms. The number of aliphatic hydroxyl groups excluding tert-OH is 1. The molecule has 3 atom stereocenters. The molecule has 4 heterocycles. The molecule has 3 aliphatic rings. The van der Waals surface area contributed by atoms with Crippen molar-refractivity contribution in [1.29, 1.82) is 5.26 Å². The fourth-order valence-electron chi connectivity index (χ4n) is 6.30. The molecule has 5 rings (SSSR count). The highest BCUT2D eigenvalue weighted by Crippen LogP contribution is 2.35. The van der Waals surface area contributed by atoms with Crippen LogP contribution >= 0.6 is 0 Å². The second-order valence-electron chi connectivity index (χ2n) is 11.3. The molecule has 0 saturated carbocycles. The number of nitriles is 1. The number of benzene rings is 1. The topological polar surface area (TPSA) is 92.0 Å². The Labute approximate surface area is 244 Å². The number of piperazine rings is 1. The third-order valence-corrected chi connectivity index (χ3v) is 8.53. The van der Waals surface area contributed by atoms with Crippen molar-refractivity contribution in [3.05, 3.63) is 53.7 Å². The van der Waals surface area contributed by atoms with Gasteiger partial charge in [-0.1, -0.05) is 24.8 Å². The number of hydrogen-bond acceptors (Lipinski definition) is 9. The zero-order chi connectivity index (χ0) is 29.9. The van der Waals surface area contributed by atoms with Crippen LogP contribution in [-0.2, 0) is 19.4 Å². The van der Waals surface area contributed by atoms with Gasteiger partial charge in [-0.2, -0.15) is 28.4 Å². The number of anilines is 2. The second kappa shape index (κ2) is 12.9. The van der Waals surface area contributed by atoms with Gasteiger partial charge in [-0.25, -0.2) is 0 Å². The van der Waals surface area contributed by atoms with Crippen molar-refractivity contribution in [3.63, 3.8) is 0 Å². The molecule has 2 saturated heterocycles. The average Bonchev–Trinajstić information content (AvgIpc) is 3.39. The van der Waals surface area contributed by atoms with E-state index in [1.807, 2.05) is 9.80 Å². The number of rotatable bonds is 9. The van der Waals surface area contributed by atoms with Crippen molar-refractivity contribution in [1.82, 2.24) is 19.8 Å². The molecule has 3 aliphatic heterocycles. The standard InChI is InChI=1S/C30H38F3N7O2/c1-3-27(41)40-16-15-39(18-22(40)10-12-34)28-24-11-14-38(26-9-5-4-7-21(26)17-30(31,32)33)19-25(24)35-29(36-28)42-20-23-8-6-13-37(23)2/h3-5,7,9,22-23,27,41H,1,6,8,10-11,13-20H2,2H3/t22?,23-,27?/m0/s1. The quantitative estimate of drug-likeness (QED) is 0.444. The average molecular weight is 586 g/mol. The van der Waals surface area contributed by atoms with Crippen molar-refractivity contribution in [2.24, 2.45) is 0 Å². The van der Waals surface area contributed by atoms with Gasteiger partial charge in [-0.3, -0.25) is 4.90 Å². The summed E-state index contributed by atoms with van der Waals surface area (Å²) in [4.78, 5) is 17.9. The minimum absolute atomic E-state index is 0.229. The summed E-state index contributed by atoms with van der Waals surface area (Å²) in [5, 5.41) is 19.9. The Morgan fingerprint density at radius 2 is 1.98 bits per heavy atom. The first-order valence-corrected chi connectivity index (χ1v) is 14.5. The van der Waals surface area contributed by atoms with E-state index in [9.17, 15) is 23.5 Å². The summed E-state index contributed by atoms with van der Waals surface area (Å²) < 4.78 is 46.2. The molecule has 9 nitrogen and oxygen atoms in total. The SMILES string of the molecule is C=CC(O)N1CCN(c2nc(OC[C@@H]3CCCN3C)nc3c2CCN(c2ccccc2CC(F)(F)F)C3)CC1CC#N. The molecule has 2 unspecified atom stereocenters. The van der Waals surface area contributed by atoms with Gasteiger partial charge in [0.25, 0.3) is 0 Å². The molecule has 1 N–H and O–H groups in total. The van der Waals surface area contributed by atoms with Gasteiger partial charge in [0, 0.05) is 49.5 Å². The highest BCUT2D eigenvalue weighted by Gasteiger charge is 2.35. The molecule has 0 aliphatic carbocycles. The molecule has 0 spiro atoms. The third-order valence-electron chi connectivity index (χ3n) is 8.53. The Balaban J connectivity index is 1.45. The van der Waals surface area contributed by atoms with E-state index < -0.39 is 18.8 Å². The minimum atomic E-state index is -4.31. The Hall–Kier alpha value is -3.40. The van der Waals surface area contributed by atoms with Crippen LogP contribution in [-0.4, -0.2) is 95.7 Å². The predicted octanol–water partition coefficient (Wildman–Crippen LogP) is 3.53. The number of likely N-dealkylation sites (N-methyl/N-ethyl adjacent to an activating group) is 1. The van der Waals surface area contributed by atoms with Crippen LogP contribution < -0.4 is 14.5 Å². The van der Waals surface area contributed by atoms with Gasteiger partial charge in [0.15, 0.2) is 0 Å². The molecule has 2 aromatic rings. The minimum Gasteiger partial charge on any atom is -0.462 e. The van der Waals surface area contributed by atoms with Gasteiger partial charge >= 0.3 is 12.2 Å². The summed E-state index contributed by atoms with van der Waals surface area (Å²) in [5.74, 6) is 0.730. The first kappa shape index (κ1) is 30.1. The highest BCUT2D eigenvalue weighted by atomic mass is 19.4.